The molecular formula is C33H51N3O7. The van der Waals surface area contributed by atoms with Crippen molar-refractivity contribution >= 4 is 23.7 Å². The molecule has 3 amide bonds. The molecule has 3 saturated heterocycles. The topological polar surface area (TPSA) is 125 Å². The molecule has 3 heterocycles. The van der Waals surface area contributed by atoms with E-state index in [1.54, 1.807) is 24.0 Å². The Morgan fingerprint density at radius 1 is 1.14 bits per heavy atom. The number of likely N-dealkylation sites (tertiary alicyclic amines) is 1. The number of carbonyl (C=O) groups is 4. The zero-order chi connectivity index (χ0) is 31.0. The van der Waals surface area contributed by atoms with Gasteiger partial charge in [0.25, 0.3) is 0 Å². The van der Waals surface area contributed by atoms with Crippen LogP contribution in [-0.2, 0) is 28.7 Å². The van der Waals surface area contributed by atoms with Gasteiger partial charge in [-0.3, -0.25) is 19.2 Å². The van der Waals surface area contributed by atoms with Crippen molar-refractivity contribution in [3.8, 4) is 0 Å². The van der Waals surface area contributed by atoms with Gasteiger partial charge < -0.3 is 29.7 Å². The van der Waals surface area contributed by atoms with Crippen molar-refractivity contribution < 1.29 is 33.8 Å². The zero-order valence-corrected chi connectivity index (χ0v) is 25.8. The van der Waals surface area contributed by atoms with Gasteiger partial charge in [0.1, 0.15) is 17.7 Å². The highest BCUT2D eigenvalue weighted by molar-refractivity contribution is 5.98. The predicted octanol–water partition coefficient (Wildman–Crippen LogP) is 3.28. The first-order chi connectivity index (χ1) is 20.8. The maximum Gasteiger partial charge on any atom is 0.312 e. The highest BCUT2D eigenvalue weighted by Gasteiger charge is 2.75. The third-order valence-corrected chi connectivity index (χ3v) is 9.72. The molecule has 4 fully saturated rings. The van der Waals surface area contributed by atoms with Gasteiger partial charge in [-0.1, -0.05) is 44.3 Å². The van der Waals surface area contributed by atoms with E-state index in [9.17, 15) is 24.3 Å². The molecule has 1 spiro atoms. The maximum absolute atomic E-state index is 14.5. The quantitative estimate of drug-likeness (QED) is 0.149. The molecule has 2 N–H and O–H groups in total. The summed E-state index contributed by atoms with van der Waals surface area (Å²) in [5.41, 5.74) is -1.07. The summed E-state index contributed by atoms with van der Waals surface area (Å²) in [6, 6.07) is -0.702. The van der Waals surface area contributed by atoms with Crippen LogP contribution in [0, 0.1) is 11.8 Å². The zero-order valence-electron chi connectivity index (χ0n) is 25.8. The lowest BCUT2D eigenvalue weighted by atomic mass is 9.70. The van der Waals surface area contributed by atoms with Crippen LogP contribution in [0.3, 0.4) is 0 Å². The van der Waals surface area contributed by atoms with Gasteiger partial charge in [-0.05, 0) is 51.9 Å². The fraction of sp³-hybridized carbons (Fsp3) is 0.758. The second-order valence-corrected chi connectivity index (χ2v) is 12.7. The summed E-state index contributed by atoms with van der Waals surface area (Å²) < 4.78 is 12.4. The Kier molecular flexibility index (Phi) is 11.8. The molecule has 1 saturated carbocycles. The molecule has 0 aromatic heterocycles. The van der Waals surface area contributed by atoms with Crippen molar-refractivity contribution in [1.29, 1.82) is 0 Å². The first-order valence-corrected chi connectivity index (χ1v) is 16.4. The molecule has 0 aromatic carbocycles. The molecule has 240 valence electrons. The molecule has 1 aliphatic carbocycles. The van der Waals surface area contributed by atoms with E-state index in [4.69, 9.17) is 9.47 Å². The molecule has 43 heavy (non-hydrogen) atoms. The largest absolute Gasteiger partial charge is 0.460 e. The van der Waals surface area contributed by atoms with Crippen LogP contribution in [0.5, 0.6) is 0 Å². The fourth-order valence-corrected chi connectivity index (χ4v) is 7.69. The number of allylic oxidation sites excluding steroid dienone is 1. The lowest BCUT2D eigenvalue weighted by Gasteiger charge is -2.40. The number of ether oxygens (including phenoxy) is 2. The Morgan fingerprint density at radius 2 is 1.88 bits per heavy atom. The smallest absolute Gasteiger partial charge is 0.312 e. The average Bonchev–Trinajstić information content (AvgIpc) is 3.65. The van der Waals surface area contributed by atoms with Crippen LogP contribution in [0.2, 0.25) is 0 Å². The van der Waals surface area contributed by atoms with E-state index in [1.165, 1.54) is 0 Å². The third kappa shape index (κ3) is 7.17. The standard InChI is InChI=1S/C33H51N3O7/c1-4-6-16-26(38)34-22-23(3)42-32(41)27-25-17-18-33(43-25)28(27)30(39)36(20-12-7-8-13-21-37)29(33)31(40)35(19-5-2)24-14-10-9-11-15-24/h4-5,23-25,27-29,37H,1-2,6-22H2,3H3,(H,34,38)/t23-,25+,27-,28-,29+,33-/m0/s1. The second kappa shape index (κ2) is 15.3. The first-order valence-electron chi connectivity index (χ1n) is 16.4. The van der Waals surface area contributed by atoms with Crippen molar-refractivity contribution in [3.63, 3.8) is 0 Å². The number of nitrogens with zero attached hydrogens (tertiary/aromatic N) is 2. The van der Waals surface area contributed by atoms with Crippen molar-refractivity contribution in [2.24, 2.45) is 11.8 Å². The summed E-state index contributed by atoms with van der Waals surface area (Å²) in [4.78, 5) is 58.0. The fourth-order valence-electron chi connectivity index (χ4n) is 7.69. The summed E-state index contributed by atoms with van der Waals surface area (Å²) in [6.07, 6.45) is 12.6. The van der Waals surface area contributed by atoms with E-state index in [0.717, 1.165) is 44.9 Å². The van der Waals surface area contributed by atoms with Crippen LogP contribution in [-0.4, -0.2) is 94.7 Å². The molecule has 0 aromatic rings. The highest BCUT2D eigenvalue weighted by atomic mass is 16.6. The minimum atomic E-state index is -1.07. The monoisotopic (exact) mass is 601 g/mol. The van der Waals surface area contributed by atoms with E-state index in [1.807, 2.05) is 4.90 Å². The molecular weight excluding hydrogens is 550 g/mol. The average molecular weight is 602 g/mol. The number of hydrogen-bond donors (Lipinski definition) is 2. The normalized spacial score (nSPS) is 28.8. The lowest BCUT2D eigenvalue weighted by molar-refractivity contribution is -0.159. The number of nitrogens with one attached hydrogen (secondary N) is 1. The Bertz CT molecular complexity index is 1030. The minimum Gasteiger partial charge on any atom is -0.460 e. The first kappa shape index (κ1) is 33.2. The molecule has 6 atom stereocenters. The van der Waals surface area contributed by atoms with Crippen LogP contribution < -0.4 is 5.32 Å². The van der Waals surface area contributed by atoms with Gasteiger partial charge in [-0.2, -0.15) is 0 Å². The molecule has 0 unspecified atom stereocenters. The van der Waals surface area contributed by atoms with Gasteiger partial charge in [0.15, 0.2) is 0 Å². The highest BCUT2D eigenvalue weighted by Crippen LogP contribution is 2.59. The minimum absolute atomic E-state index is 0.0955. The van der Waals surface area contributed by atoms with Gasteiger partial charge in [0.2, 0.25) is 17.7 Å². The molecule has 4 aliphatic rings. The van der Waals surface area contributed by atoms with Gasteiger partial charge in [-0.25, -0.2) is 0 Å². The molecule has 10 heteroatoms. The van der Waals surface area contributed by atoms with E-state index < -0.39 is 41.7 Å². The van der Waals surface area contributed by atoms with Gasteiger partial charge in [0.05, 0.1) is 24.5 Å². The second-order valence-electron chi connectivity index (χ2n) is 12.7. The van der Waals surface area contributed by atoms with Crippen LogP contribution in [0.25, 0.3) is 0 Å². The van der Waals surface area contributed by atoms with Crippen molar-refractivity contribution in [1.82, 2.24) is 15.1 Å². The van der Waals surface area contributed by atoms with Gasteiger partial charge in [-0.15, -0.1) is 13.2 Å². The number of carbonyl (C=O) groups excluding carboxylic acids is 4. The van der Waals surface area contributed by atoms with Crippen molar-refractivity contribution in [3.05, 3.63) is 25.3 Å². The number of rotatable bonds is 17. The Hall–Kier alpha value is -2.72. The van der Waals surface area contributed by atoms with E-state index in [2.05, 4.69) is 18.5 Å². The summed E-state index contributed by atoms with van der Waals surface area (Å²) in [6.45, 7) is 10.4. The number of fused-ring (bicyclic) bond motifs is 1. The molecule has 0 radical (unpaired) electrons. The summed E-state index contributed by atoms with van der Waals surface area (Å²) >= 11 is 0. The van der Waals surface area contributed by atoms with Crippen LogP contribution in [0.1, 0.15) is 90.4 Å². The van der Waals surface area contributed by atoms with Gasteiger partial charge >= 0.3 is 5.97 Å². The molecule has 3 aliphatic heterocycles. The van der Waals surface area contributed by atoms with E-state index >= 15 is 0 Å². The SMILES string of the molecule is C=CCCC(=O)NC[C@H](C)OC(=O)[C@@H]1[C@H]2C(=O)N(CCCCCCO)[C@H](C(=O)N(CC=C)C3CCCCC3)[C@]23CC[C@H]1O3. The van der Waals surface area contributed by atoms with E-state index in [-0.39, 0.29) is 36.9 Å². The number of hydrogen-bond acceptors (Lipinski definition) is 7. The van der Waals surface area contributed by atoms with Crippen molar-refractivity contribution in [2.75, 3.05) is 26.2 Å². The van der Waals surface area contributed by atoms with Crippen LogP contribution in [0.15, 0.2) is 25.3 Å². The third-order valence-electron chi connectivity index (χ3n) is 9.72. The van der Waals surface area contributed by atoms with Crippen LogP contribution in [0.4, 0.5) is 0 Å². The molecule has 4 rings (SSSR count). The lowest BCUT2D eigenvalue weighted by Crippen LogP contribution is -2.58. The van der Waals surface area contributed by atoms with Gasteiger partial charge in [0, 0.05) is 32.2 Å². The summed E-state index contributed by atoms with van der Waals surface area (Å²) in [7, 11) is 0. The summed E-state index contributed by atoms with van der Waals surface area (Å²) in [5, 5.41) is 12.0. The number of aliphatic hydroxyl groups is 1. The Balaban J connectivity index is 1.54. The number of amides is 3. The maximum atomic E-state index is 14.5. The molecule has 2 bridgehead atoms. The predicted molar refractivity (Wildman–Crippen MR) is 162 cm³/mol. The van der Waals surface area contributed by atoms with Crippen LogP contribution >= 0.6 is 0 Å². The van der Waals surface area contributed by atoms with Crippen molar-refractivity contribution in [2.45, 2.75) is 120 Å². The van der Waals surface area contributed by atoms with E-state index in [0.29, 0.717) is 51.6 Å². The number of esters is 1. The summed E-state index contributed by atoms with van der Waals surface area (Å²) in [5.74, 6) is -2.55. The number of aliphatic hydroxyl groups excluding tert-OH is 1. The Labute approximate surface area is 256 Å². The Morgan fingerprint density at radius 3 is 2.58 bits per heavy atom. The number of unbranched alkanes of at least 4 members (excludes halogenated alkanes) is 3. The molecule has 10 nitrogen and oxygen atoms in total.